The number of nitriles is 2. The van der Waals surface area contributed by atoms with Gasteiger partial charge in [0.1, 0.15) is 11.8 Å². The Labute approximate surface area is 95.9 Å². The smallest absolute Gasteiger partial charge is 0.174 e. The summed E-state index contributed by atoms with van der Waals surface area (Å²) in [6, 6.07) is 9.40. The fourth-order valence-electron chi connectivity index (χ4n) is 1.63. The van der Waals surface area contributed by atoms with Crippen molar-refractivity contribution in [2.45, 2.75) is 26.2 Å². The molecule has 3 nitrogen and oxygen atoms in total. The average molecular weight is 214 g/mol. The van der Waals surface area contributed by atoms with Crippen molar-refractivity contribution >= 4 is 0 Å². The number of rotatable bonds is 2. The third kappa shape index (κ3) is 2.52. The van der Waals surface area contributed by atoms with Crippen LogP contribution in [0.3, 0.4) is 0 Å². The van der Waals surface area contributed by atoms with E-state index in [-0.39, 0.29) is 12.0 Å². The normalized spacial score (nSPS) is 10.3. The Hall–Kier alpha value is -2.00. The van der Waals surface area contributed by atoms with E-state index in [9.17, 15) is 0 Å². The zero-order valence-corrected chi connectivity index (χ0v) is 9.74. The molecular weight excluding hydrogens is 200 g/mol. The maximum atomic E-state index is 9.06. The van der Waals surface area contributed by atoms with E-state index >= 15 is 0 Å². The Morgan fingerprint density at radius 3 is 2.44 bits per heavy atom. The Bertz CT molecular complexity index is 458. The van der Waals surface area contributed by atoms with Crippen molar-refractivity contribution in [3.05, 3.63) is 29.3 Å². The SMILES string of the molecule is CC(C)(C)c1c(C#N)cccc1OCC#N. The molecule has 0 bridgehead atoms. The van der Waals surface area contributed by atoms with Crippen LogP contribution in [-0.2, 0) is 5.41 Å². The van der Waals surface area contributed by atoms with Gasteiger partial charge in [-0.15, -0.1) is 0 Å². The number of hydrogen-bond acceptors (Lipinski definition) is 3. The second kappa shape index (κ2) is 4.68. The van der Waals surface area contributed by atoms with E-state index in [2.05, 4.69) is 6.07 Å². The van der Waals surface area contributed by atoms with Crippen molar-refractivity contribution in [1.82, 2.24) is 0 Å². The van der Waals surface area contributed by atoms with E-state index < -0.39 is 0 Å². The molecule has 82 valence electrons. The largest absolute Gasteiger partial charge is 0.478 e. The van der Waals surface area contributed by atoms with Crippen LogP contribution in [0.4, 0.5) is 0 Å². The predicted octanol–water partition coefficient (Wildman–Crippen LogP) is 2.76. The zero-order valence-electron chi connectivity index (χ0n) is 9.74. The van der Waals surface area contributed by atoms with Crippen LogP contribution in [0.1, 0.15) is 31.9 Å². The monoisotopic (exact) mass is 214 g/mol. The van der Waals surface area contributed by atoms with Gasteiger partial charge in [-0.1, -0.05) is 26.8 Å². The zero-order chi connectivity index (χ0) is 12.2. The molecule has 1 rings (SSSR count). The lowest BCUT2D eigenvalue weighted by atomic mass is 9.83. The van der Waals surface area contributed by atoms with Gasteiger partial charge in [0.15, 0.2) is 6.61 Å². The molecule has 0 aliphatic carbocycles. The first kappa shape index (κ1) is 12.1. The van der Waals surface area contributed by atoms with Gasteiger partial charge >= 0.3 is 0 Å². The minimum absolute atomic E-state index is 0.00202. The van der Waals surface area contributed by atoms with Crippen LogP contribution in [0.25, 0.3) is 0 Å². The van der Waals surface area contributed by atoms with E-state index in [0.717, 1.165) is 5.56 Å². The minimum Gasteiger partial charge on any atom is -0.478 e. The summed E-state index contributed by atoms with van der Waals surface area (Å²) in [6.45, 7) is 6.05. The maximum Gasteiger partial charge on any atom is 0.174 e. The molecule has 1 aromatic rings. The molecule has 1 aromatic carbocycles. The fraction of sp³-hybridized carbons (Fsp3) is 0.385. The molecule has 16 heavy (non-hydrogen) atoms. The average Bonchev–Trinajstić information content (AvgIpc) is 2.24. The Morgan fingerprint density at radius 2 is 1.94 bits per heavy atom. The molecule has 0 amide bonds. The highest BCUT2D eigenvalue weighted by Crippen LogP contribution is 2.33. The second-order valence-electron chi connectivity index (χ2n) is 4.49. The van der Waals surface area contributed by atoms with Gasteiger partial charge < -0.3 is 4.74 Å². The van der Waals surface area contributed by atoms with Gasteiger partial charge in [0.2, 0.25) is 0 Å². The van der Waals surface area contributed by atoms with Crippen LogP contribution < -0.4 is 4.74 Å². The number of ether oxygens (including phenoxy) is 1. The van der Waals surface area contributed by atoms with Gasteiger partial charge in [0.25, 0.3) is 0 Å². The number of benzene rings is 1. The summed E-state index contributed by atoms with van der Waals surface area (Å²) in [7, 11) is 0. The lowest BCUT2D eigenvalue weighted by Gasteiger charge is -2.23. The van der Waals surface area contributed by atoms with Crippen molar-refractivity contribution in [2.24, 2.45) is 0 Å². The number of hydrogen-bond donors (Lipinski definition) is 0. The molecule has 0 aliphatic rings. The van der Waals surface area contributed by atoms with Gasteiger partial charge in [0, 0.05) is 5.56 Å². The summed E-state index contributed by atoms with van der Waals surface area (Å²) in [6.07, 6.45) is 0. The molecule has 0 N–H and O–H groups in total. The fourth-order valence-corrected chi connectivity index (χ4v) is 1.63. The quantitative estimate of drug-likeness (QED) is 0.760. The lowest BCUT2D eigenvalue weighted by molar-refractivity contribution is 0.355. The summed E-state index contributed by atoms with van der Waals surface area (Å²) in [5, 5.41) is 17.6. The minimum atomic E-state index is -0.183. The predicted molar refractivity (Wildman–Crippen MR) is 61.0 cm³/mol. The van der Waals surface area contributed by atoms with Crippen LogP contribution in [0, 0.1) is 22.7 Å². The summed E-state index contributed by atoms with van der Waals surface area (Å²) in [5.41, 5.74) is 1.27. The van der Waals surface area contributed by atoms with Crippen LogP contribution in [0.2, 0.25) is 0 Å². The van der Waals surface area contributed by atoms with Gasteiger partial charge in [-0.3, -0.25) is 0 Å². The highest BCUT2D eigenvalue weighted by molar-refractivity contribution is 5.50. The van der Waals surface area contributed by atoms with Gasteiger partial charge in [0.05, 0.1) is 11.6 Å². The van der Waals surface area contributed by atoms with Crippen LogP contribution in [0.15, 0.2) is 18.2 Å². The van der Waals surface area contributed by atoms with E-state index in [0.29, 0.717) is 11.3 Å². The Morgan fingerprint density at radius 1 is 1.25 bits per heavy atom. The Kier molecular flexibility index (Phi) is 3.53. The molecule has 0 aliphatic heterocycles. The standard InChI is InChI=1S/C13H14N2O/c1-13(2,3)12-10(9-15)5-4-6-11(12)16-8-7-14/h4-6H,8H2,1-3H3. The number of nitrogens with zero attached hydrogens (tertiary/aromatic N) is 2. The van der Waals surface area contributed by atoms with Crippen molar-refractivity contribution in [3.8, 4) is 17.9 Å². The van der Waals surface area contributed by atoms with Crippen molar-refractivity contribution in [2.75, 3.05) is 6.61 Å². The Balaban J connectivity index is 3.29. The highest BCUT2D eigenvalue weighted by Gasteiger charge is 2.22. The molecule has 0 saturated carbocycles. The first-order valence-corrected chi connectivity index (χ1v) is 5.04. The van der Waals surface area contributed by atoms with E-state index in [1.165, 1.54) is 0 Å². The van der Waals surface area contributed by atoms with Crippen molar-refractivity contribution < 1.29 is 4.74 Å². The molecule has 0 heterocycles. The molecular formula is C13H14N2O. The molecule has 0 spiro atoms. The molecule has 0 radical (unpaired) electrons. The van der Waals surface area contributed by atoms with E-state index in [4.69, 9.17) is 15.3 Å². The molecule has 3 heteroatoms. The first-order chi connectivity index (χ1) is 7.50. The van der Waals surface area contributed by atoms with Gasteiger partial charge in [-0.25, -0.2) is 0 Å². The molecule has 0 aromatic heterocycles. The first-order valence-electron chi connectivity index (χ1n) is 5.04. The van der Waals surface area contributed by atoms with Gasteiger partial charge in [-0.2, -0.15) is 10.5 Å². The highest BCUT2D eigenvalue weighted by atomic mass is 16.5. The second-order valence-corrected chi connectivity index (χ2v) is 4.49. The summed E-state index contributed by atoms with van der Waals surface area (Å²) in [4.78, 5) is 0. The van der Waals surface area contributed by atoms with Crippen molar-refractivity contribution in [1.29, 1.82) is 10.5 Å². The third-order valence-electron chi connectivity index (χ3n) is 2.19. The maximum absolute atomic E-state index is 9.06. The van der Waals surface area contributed by atoms with Crippen LogP contribution >= 0.6 is 0 Å². The lowest BCUT2D eigenvalue weighted by Crippen LogP contribution is -2.15. The molecule has 0 unspecified atom stereocenters. The third-order valence-corrected chi connectivity index (χ3v) is 2.19. The summed E-state index contributed by atoms with van der Waals surface area (Å²) >= 11 is 0. The van der Waals surface area contributed by atoms with E-state index in [1.807, 2.05) is 26.8 Å². The van der Waals surface area contributed by atoms with E-state index in [1.54, 1.807) is 18.2 Å². The molecule has 0 atom stereocenters. The van der Waals surface area contributed by atoms with Crippen molar-refractivity contribution in [3.63, 3.8) is 0 Å². The van der Waals surface area contributed by atoms with Gasteiger partial charge in [-0.05, 0) is 17.5 Å². The summed E-state index contributed by atoms with van der Waals surface area (Å²) < 4.78 is 5.34. The topological polar surface area (TPSA) is 56.8 Å². The molecule has 0 saturated heterocycles. The summed E-state index contributed by atoms with van der Waals surface area (Å²) in [5.74, 6) is 0.619. The molecule has 0 fully saturated rings. The van der Waals surface area contributed by atoms with Crippen LogP contribution in [-0.4, -0.2) is 6.61 Å². The van der Waals surface area contributed by atoms with Crippen LogP contribution in [0.5, 0.6) is 5.75 Å².